The number of nitro benzene ring substituents is 1. The first kappa shape index (κ1) is 19.4. The van der Waals surface area contributed by atoms with Gasteiger partial charge in [-0.2, -0.15) is 13.2 Å². The van der Waals surface area contributed by atoms with E-state index in [9.17, 15) is 32.9 Å². The van der Waals surface area contributed by atoms with Crippen molar-refractivity contribution < 1.29 is 32.4 Å². The summed E-state index contributed by atoms with van der Waals surface area (Å²) in [5, 5.41) is 13.0. The summed E-state index contributed by atoms with van der Waals surface area (Å²) in [6.07, 6.45) is -5.12. The summed E-state index contributed by atoms with van der Waals surface area (Å²) < 4.78 is 40.3. The summed E-state index contributed by atoms with van der Waals surface area (Å²) in [6.45, 7) is 1.93. The number of halogens is 3. The number of benzene rings is 1. The fourth-order valence-corrected chi connectivity index (χ4v) is 1.55. The van der Waals surface area contributed by atoms with Gasteiger partial charge in [-0.15, -0.1) is 0 Å². The minimum atomic E-state index is -5.12. The first-order valence-corrected chi connectivity index (χ1v) is 6.69. The van der Waals surface area contributed by atoms with Crippen molar-refractivity contribution in [1.29, 1.82) is 0 Å². The fraction of sp³-hybridized carbons (Fsp3) is 0.429. The number of ether oxygens (including phenoxy) is 1. The van der Waals surface area contributed by atoms with Crippen LogP contribution >= 0.6 is 0 Å². The van der Waals surface area contributed by atoms with Gasteiger partial charge in [0.2, 0.25) is 5.91 Å². The summed E-state index contributed by atoms with van der Waals surface area (Å²) in [4.78, 5) is 32.6. The maximum absolute atomic E-state index is 12.1. The van der Waals surface area contributed by atoms with E-state index in [4.69, 9.17) is 0 Å². The predicted octanol–water partition coefficient (Wildman–Crippen LogP) is 2.34. The van der Waals surface area contributed by atoms with Crippen molar-refractivity contribution in [3.8, 4) is 0 Å². The Morgan fingerprint density at radius 2 is 1.75 bits per heavy atom. The van der Waals surface area contributed by atoms with Gasteiger partial charge in [0.05, 0.1) is 10.3 Å². The molecule has 0 aliphatic heterocycles. The number of nitrogens with one attached hydrogen (secondary N) is 1. The third kappa shape index (κ3) is 5.52. The Labute approximate surface area is 134 Å². The second-order valence-electron chi connectivity index (χ2n) is 5.56. The molecular weight excluding hydrogens is 333 g/mol. The first-order valence-electron chi connectivity index (χ1n) is 6.69. The van der Waals surface area contributed by atoms with Crippen LogP contribution in [0.2, 0.25) is 0 Å². The molecule has 0 spiro atoms. The van der Waals surface area contributed by atoms with E-state index in [1.54, 1.807) is 0 Å². The molecule has 0 saturated heterocycles. The Balaban J connectivity index is 2.56. The van der Waals surface area contributed by atoms with Gasteiger partial charge in [0.15, 0.2) is 0 Å². The molecule has 1 rings (SSSR count). The molecule has 132 valence electrons. The highest BCUT2D eigenvalue weighted by molar-refractivity contribution is 5.82. The van der Waals surface area contributed by atoms with E-state index in [1.165, 1.54) is 38.1 Å². The number of nitro groups is 1. The molecule has 0 radical (unpaired) electrons. The number of non-ortho nitro benzene ring substituents is 1. The van der Waals surface area contributed by atoms with E-state index in [0.29, 0.717) is 5.56 Å². The minimum absolute atomic E-state index is 0.0213. The molecule has 7 nitrogen and oxygen atoms in total. The van der Waals surface area contributed by atoms with Crippen molar-refractivity contribution in [3.05, 3.63) is 39.9 Å². The van der Waals surface area contributed by atoms with Crippen molar-refractivity contribution in [2.24, 2.45) is 5.41 Å². The molecule has 1 N–H and O–H groups in total. The van der Waals surface area contributed by atoms with Gasteiger partial charge < -0.3 is 10.1 Å². The molecule has 1 amide bonds. The van der Waals surface area contributed by atoms with Gasteiger partial charge in [-0.05, 0) is 19.4 Å². The largest absolute Gasteiger partial charge is 0.490 e. The van der Waals surface area contributed by atoms with Crippen LogP contribution in [0.1, 0.15) is 19.4 Å². The van der Waals surface area contributed by atoms with Gasteiger partial charge in [-0.1, -0.05) is 12.1 Å². The lowest BCUT2D eigenvalue weighted by Crippen LogP contribution is -2.41. The number of esters is 1. The quantitative estimate of drug-likeness (QED) is 0.483. The van der Waals surface area contributed by atoms with E-state index in [0.717, 1.165) is 0 Å². The van der Waals surface area contributed by atoms with Gasteiger partial charge in [0, 0.05) is 18.7 Å². The Hall–Kier alpha value is -2.65. The second kappa shape index (κ2) is 7.28. The van der Waals surface area contributed by atoms with Crippen molar-refractivity contribution in [1.82, 2.24) is 5.32 Å². The average Bonchev–Trinajstić information content (AvgIpc) is 2.49. The zero-order chi connectivity index (χ0) is 18.5. The normalized spacial score (nSPS) is 11.7. The van der Waals surface area contributed by atoms with E-state index >= 15 is 0 Å². The lowest BCUT2D eigenvalue weighted by atomic mass is 9.93. The predicted molar refractivity (Wildman–Crippen MR) is 75.7 cm³/mol. The number of carbonyl (C=O) groups excluding carboxylic acids is 2. The maximum Gasteiger partial charge on any atom is 0.490 e. The lowest BCUT2D eigenvalue weighted by Gasteiger charge is -2.23. The molecule has 10 heteroatoms. The molecular formula is C14H15F3N2O5. The van der Waals surface area contributed by atoms with Gasteiger partial charge >= 0.3 is 12.1 Å². The SMILES string of the molecule is CC(C)(COC(=O)C(F)(F)F)C(=O)NCc1ccc([N+](=O)[O-])cc1. The monoisotopic (exact) mass is 348 g/mol. The highest BCUT2D eigenvalue weighted by atomic mass is 19.4. The first-order chi connectivity index (χ1) is 10.9. The smallest absolute Gasteiger partial charge is 0.458 e. The Bertz CT molecular complexity index is 626. The average molecular weight is 348 g/mol. The number of amides is 1. The van der Waals surface area contributed by atoms with Crippen molar-refractivity contribution in [2.45, 2.75) is 26.6 Å². The molecule has 1 aromatic carbocycles. The Morgan fingerprint density at radius 3 is 2.21 bits per heavy atom. The van der Waals surface area contributed by atoms with Crippen LogP contribution in [0.3, 0.4) is 0 Å². The topological polar surface area (TPSA) is 98.5 Å². The summed E-state index contributed by atoms with van der Waals surface area (Å²) in [6, 6.07) is 5.40. The van der Waals surface area contributed by atoms with Crippen LogP contribution in [0.25, 0.3) is 0 Å². The molecule has 0 saturated carbocycles. The number of carbonyl (C=O) groups is 2. The second-order valence-corrected chi connectivity index (χ2v) is 5.56. The van der Waals surface area contributed by atoms with Crippen LogP contribution < -0.4 is 5.32 Å². The van der Waals surface area contributed by atoms with Gasteiger partial charge in [-0.25, -0.2) is 4.79 Å². The molecule has 0 unspecified atom stereocenters. The standard InChI is InChI=1S/C14H15F3N2O5/c1-13(2,8-24-12(21)14(15,16)17)11(20)18-7-9-3-5-10(6-4-9)19(22)23/h3-6H,7-8H2,1-2H3,(H,18,20). The zero-order valence-corrected chi connectivity index (χ0v) is 12.8. The Morgan fingerprint density at radius 1 is 1.21 bits per heavy atom. The highest BCUT2D eigenvalue weighted by Crippen LogP contribution is 2.21. The molecule has 24 heavy (non-hydrogen) atoms. The minimum Gasteiger partial charge on any atom is -0.458 e. The number of alkyl halides is 3. The molecule has 0 bridgehead atoms. The van der Waals surface area contributed by atoms with Crippen LogP contribution in [-0.4, -0.2) is 29.6 Å². The van der Waals surface area contributed by atoms with Crippen molar-refractivity contribution in [2.75, 3.05) is 6.61 Å². The van der Waals surface area contributed by atoms with Crippen molar-refractivity contribution >= 4 is 17.6 Å². The highest BCUT2D eigenvalue weighted by Gasteiger charge is 2.42. The van der Waals surface area contributed by atoms with Gasteiger partial charge in [-0.3, -0.25) is 14.9 Å². The molecule has 1 aromatic rings. The maximum atomic E-state index is 12.1. The van der Waals surface area contributed by atoms with Crippen LogP contribution in [0.5, 0.6) is 0 Å². The molecule has 0 atom stereocenters. The number of rotatable bonds is 6. The van der Waals surface area contributed by atoms with Gasteiger partial charge in [0.1, 0.15) is 6.61 Å². The van der Waals surface area contributed by atoms with E-state index in [1.807, 2.05) is 0 Å². The lowest BCUT2D eigenvalue weighted by molar-refractivity contribution is -0.384. The fourth-order valence-electron chi connectivity index (χ4n) is 1.55. The van der Waals surface area contributed by atoms with Crippen LogP contribution in [0, 0.1) is 15.5 Å². The van der Waals surface area contributed by atoms with Crippen LogP contribution in [0.4, 0.5) is 18.9 Å². The van der Waals surface area contributed by atoms with E-state index < -0.39 is 35.0 Å². The molecule has 0 aliphatic carbocycles. The third-order valence-corrected chi connectivity index (χ3v) is 3.01. The van der Waals surface area contributed by atoms with Crippen LogP contribution in [-0.2, 0) is 20.9 Å². The summed E-state index contributed by atoms with van der Waals surface area (Å²) in [5.74, 6) is -2.99. The molecule has 0 aromatic heterocycles. The zero-order valence-electron chi connectivity index (χ0n) is 12.8. The third-order valence-electron chi connectivity index (χ3n) is 3.01. The number of hydrogen-bond acceptors (Lipinski definition) is 5. The van der Waals surface area contributed by atoms with E-state index in [-0.39, 0.29) is 12.2 Å². The van der Waals surface area contributed by atoms with E-state index in [2.05, 4.69) is 10.1 Å². The van der Waals surface area contributed by atoms with Crippen LogP contribution in [0.15, 0.2) is 24.3 Å². The number of nitrogens with zero attached hydrogens (tertiary/aromatic N) is 1. The summed E-state index contributed by atoms with van der Waals surface area (Å²) >= 11 is 0. The molecule has 0 fully saturated rings. The van der Waals surface area contributed by atoms with Crippen molar-refractivity contribution in [3.63, 3.8) is 0 Å². The molecule has 0 aliphatic rings. The molecule has 0 heterocycles. The van der Waals surface area contributed by atoms with Gasteiger partial charge in [0.25, 0.3) is 5.69 Å². The summed E-state index contributed by atoms with van der Waals surface area (Å²) in [7, 11) is 0. The Kier molecular flexibility index (Phi) is 5.88. The number of hydrogen-bond donors (Lipinski definition) is 1. The summed E-state index contributed by atoms with van der Waals surface area (Å²) in [5.41, 5.74) is -0.914.